The second kappa shape index (κ2) is 6.44. The van der Waals surface area contributed by atoms with E-state index in [4.69, 9.17) is 0 Å². The third-order valence-electron chi connectivity index (χ3n) is 2.52. The topological polar surface area (TPSA) is 113 Å². The molecule has 0 unspecified atom stereocenters. The molecule has 0 saturated carbocycles. The minimum atomic E-state index is -3.60. The van der Waals surface area contributed by atoms with Crippen molar-refractivity contribution in [3.63, 3.8) is 0 Å². The lowest BCUT2D eigenvalue weighted by atomic mass is 10.4. The van der Waals surface area contributed by atoms with Gasteiger partial charge in [0.2, 0.25) is 10.0 Å². The monoisotopic (exact) mass is 296 g/mol. The standard InChI is InChI=1S/C11H16N6O2S/c1-2-12-11-9(4-3-6-13-11)20(18,19)16-7-5-10-14-8-15-17-10/h3-4,6,8,16H,2,5,7H2,1H3,(H,12,13)(H,14,15,17). The zero-order chi connectivity index (χ0) is 14.4. The van der Waals surface area contributed by atoms with E-state index in [0.717, 1.165) is 0 Å². The number of anilines is 1. The lowest BCUT2D eigenvalue weighted by molar-refractivity contribution is 0.581. The second-order valence-corrected chi connectivity index (χ2v) is 5.70. The third kappa shape index (κ3) is 3.52. The first kappa shape index (κ1) is 14.4. The van der Waals surface area contributed by atoms with Gasteiger partial charge in [-0.05, 0) is 19.1 Å². The van der Waals surface area contributed by atoms with Crippen molar-refractivity contribution in [2.45, 2.75) is 18.2 Å². The summed E-state index contributed by atoms with van der Waals surface area (Å²) < 4.78 is 27.0. The van der Waals surface area contributed by atoms with Crippen LogP contribution in [0.1, 0.15) is 12.7 Å². The van der Waals surface area contributed by atoms with Gasteiger partial charge in [-0.15, -0.1) is 0 Å². The van der Waals surface area contributed by atoms with Gasteiger partial charge in [-0.3, -0.25) is 5.10 Å². The van der Waals surface area contributed by atoms with Crippen LogP contribution in [-0.2, 0) is 16.4 Å². The van der Waals surface area contributed by atoms with Gasteiger partial charge in [0.05, 0.1) is 0 Å². The van der Waals surface area contributed by atoms with E-state index in [0.29, 0.717) is 24.6 Å². The fourth-order valence-electron chi connectivity index (χ4n) is 1.64. The Bertz CT molecular complexity index is 641. The van der Waals surface area contributed by atoms with Crippen LogP contribution < -0.4 is 10.0 Å². The normalized spacial score (nSPS) is 11.4. The Labute approximate surface area is 117 Å². The highest BCUT2D eigenvalue weighted by Crippen LogP contribution is 2.17. The summed E-state index contributed by atoms with van der Waals surface area (Å²) in [6.07, 6.45) is 3.37. The molecule has 0 saturated heterocycles. The lowest BCUT2D eigenvalue weighted by Gasteiger charge is -2.10. The van der Waals surface area contributed by atoms with Gasteiger partial charge >= 0.3 is 0 Å². The molecule has 108 valence electrons. The predicted molar refractivity (Wildman–Crippen MR) is 73.7 cm³/mol. The number of aromatic nitrogens is 4. The van der Waals surface area contributed by atoms with Gasteiger partial charge < -0.3 is 5.32 Å². The van der Waals surface area contributed by atoms with Crippen LogP contribution in [0.3, 0.4) is 0 Å². The van der Waals surface area contributed by atoms with E-state index in [9.17, 15) is 8.42 Å². The van der Waals surface area contributed by atoms with Crippen LogP contribution in [0.15, 0.2) is 29.6 Å². The van der Waals surface area contributed by atoms with Crippen molar-refractivity contribution in [3.8, 4) is 0 Å². The lowest BCUT2D eigenvalue weighted by Crippen LogP contribution is -2.27. The van der Waals surface area contributed by atoms with Crippen LogP contribution in [0.2, 0.25) is 0 Å². The molecule has 2 rings (SSSR count). The first-order valence-electron chi connectivity index (χ1n) is 6.16. The van der Waals surface area contributed by atoms with Gasteiger partial charge in [0.1, 0.15) is 22.9 Å². The van der Waals surface area contributed by atoms with Crippen LogP contribution in [0.25, 0.3) is 0 Å². The summed E-state index contributed by atoms with van der Waals surface area (Å²) in [5, 5.41) is 9.30. The molecule has 9 heteroatoms. The molecule has 0 bridgehead atoms. The first-order valence-corrected chi connectivity index (χ1v) is 7.64. The van der Waals surface area contributed by atoms with Crippen molar-refractivity contribution in [2.24, 2.45) is 0 Å². The molecule has 0 aliphatic heterocycles. The highest BCUT2D eigenvalue weighted by molar-refractivity contribution is 7.89. The first-order chi connectivity index (χ1) is 9.63. The third-order valence-corrected chi connectivity index (χ3v) is 4.02. The van der Waals surface area contributed by atoms with Crippen LogP contribution in [0, 0.1) is 0 Å². The maximum atomic E-state index is 12.2. The fourth-order valence-corrected chi connectivity index (χ4v) is 2.80. The molecule has 3 N–H and O–H groups in total. The van der Waals surface area contributed by atoms with E-state index in [1.54, 1.807) is 12.3 Å². The van der Waals surface area contributed by atoms with Gasteiger partial charge in [-0.25, -0.2) is 23.1 Å². The SMILES string of the molecule is CCNc1ncccc1S(=O)(=O)NCCc1ncn[nH]1. The Morgan fingerprint density at radius 3 is 2.90 bits per heavy atom. The smallest absolute Gasteiger partial charge is 0.244 e. The van der Waals surface area contributed by atoms with Gasteiger partial charge in [0.15, 0.2) is 0 Å². The van der Waals surface area contributed by atoms with Crippen molar-refractivity contribution in [2.75, 3.05) is 18.4 Å². The molecule has 0 atom stereocenters. The molecule has 2 aromatic heterocycles. The van der Waals surface area contributed by atoms with Gasteiger partial charge in [0.25, 0.3) is 0 Å². The van der Waals surface area contributed by atoms with Crippen LogP contribution in [-0.4, -0.2) is 41.7 Å². The van der Waals surface area contributed by atoms with Crippen molar-refractivity contribution >= 4 is 15.8 Å². The fraction of sp³-hybridized carbons (Fsp3) is 0.364. The molecular weight excluding hydrogens is 280 g/mol. The number of rotatable bonds is 7. The number of pyridine rings is 1. The van der Waals surface area contributed by atoms with Crippen molar-refractivity contribution < 1.29 is 8.42 Å². The molecular formula is C11H16N6O2S. The maximum Gasteiger partial charge on any atom is 0.244 e. The molecule has 2 aromatic rings. The zero-order valence-electron chi connectivity index (χ0n) is 11.0. The highest BCUT2D eigenvalue weighted by Gasteiger charge is 2.18. The molecule has 0 aliphatic carbocycles. The van der Waals surface area contributed by atoms with Crippen LogP contribution >= 0.6 is 0 Å². The molecule has 0 aliphatic rings. The molecule has 0 aromatic carbocycles. The van der Waals surface area contributed by atoms with E-state index < -0.39 is 10.0 Å². The number of nitrogens with zero attached hydrogens (tertiary/aromatic N) is 3. The summed E-state index contributed by atoms with van der Waals surface area (Å²) in [5.74, 6) is 0.980. The summed E-state index contributed by atoms with van der Waals surface area (Å²) in [6, 6.07) is 3.10. The largest absolute Gasteiger partial charge is 0.369 e. The van der Waals surface area contributed by atoms with Crippen LogP contribution in [0.5, 0.6) is 0 Å². The Morgan fingerprint density at radius 2 is 2.20 bits per heavy atom. The number of aromatic amines is 1. The Hall–Kier alpha value is -2.00. The molecule has 20 heavy (non-hydrogen) atoms. The minimum absolute atomic E-state index is 0.138. The van der Waals surface area contributed by atoms with E-state index in [-0.39, 0.29) is 11.4 Å². The summed E-state index contributed by atoms with van der Waals surface area (Å²) >= 11 is 0. The van der Waals surface area contributed by atoms with Gasteiger partial charge in [0, 0.05) is 25.7 Å². The predicted octanol–water partition coefficient (Wildman–Crippen LogP) is 0.152. The maximum absolute atomic E-state index is 12.2. The number of hydrogen-bond donors (Lipinski definition) is 3. The van der Waals surface area contributed by atoms with Gasteiger partial charge in [-0.2, -0.15) is 5.10 Å². The van der Waals surface area contributed by atoms with Crippen molar-refractivity contribution in [3.05, 3.63) is 30.5 Å². The van der Waals surface area contributed by atoms with Crippen molar-refractivity contribution in [1.29, 1.82) is 0 Å². The summed E-state index contributed by atoms with van der Waals surface area (Å²) in [5.41, 5.74) is 0. The molecule has 0 radical (unpaired) electrons. The number of hydrogen-bond acceptors (Lipinski definition) is 6. The van der Waals surface area contributed by atoms with Gasteiger partial charge in [-0.1, -0.05) is 0 Å². The summed E-state index contributed by atoms with van der Waals surface area (Å²) in [6.45, 7) is 2.71. The van der Waals surface area contributed by atoms with E-state index in [1.807, 2.05) is 6.92 Å². The van der Waals surface area contributed by atoms with E-state index in [2.05, 4.69) is 30.2 Å². The average molecular weight is 296 g/mol. The Kier molecular flexibility index (Phi) is 4.64. The molecule has 0 spiro atoms. The molecule has 0 fully saturated rings. The molecule has 2 heterocycles. The number of nitrogens with one attached hydrogen (secondary N) is 3. The Morgan fingerprint density at radius 1 is 1.35 bits per heavy atom. The molecule has 0 amide bonds. The van der Waals surface area contributed by atoms with E-state index >= 15 is 0 Å². The quantitative estimate of drug-likeness (QED) is 0.670. The Balaban J connectivity index is 2.06. The number of sulfonamides is 1. The summed E-state index contributed by atoms with van der Waals surface area (Å²) in [4.78, 5) is 8.10. The second-order valence-electron chi connectivity index (χ2n) is 3.96. The number of H-pyrrole nitrogens is 1. The zero-order valence-corrected chi connectivity index (χ0v) is 11.8. The highest BCUT2D eigenvalue weighted by atomic mass is 32.2. The summed E-state index contributed by atoms with van der Waals surface area (Å²) in [7, 11) is -3.60. The van der Waals surface area contributed by atoms with E-state index in [1.165, 1.54) is 12.4 Å². The average Bonchev–Trinajstić information content (AvgIpc) is 2.92. The minimum Gasteiger partial charge on any atom is -0.369 e. The van der Waals surface area contributed by atoms with Crippen LogP contribution in [0.4, 0.5) is 5.82 Å². The van der Waals surface area contributed by atoms with Crippen molar-refractivity contribution in [1.82, 2.24) is 24.9 Å². The molecule has 8 nitrogen and oxygen atoms in total.